The van der Waals surface area contributed by atoms with Crippen LogP contribution in [0.3, 0.4) is 0 Å². The normalized spacial score (nSPS) is 12.5. The van der Waals surface area contributed by atoms with Crippen LogP contribution in [-0.2, 0) is 11.8 Å². The number of benzene rings is 2. The molecule has 7 nitrogen and oxygen atoms in total. The second-order valence-electron chi connectivity index (χ2n) is 10.4. The van der Waals surface area contributed by atoms with E-state index in [2.05, 4.69) is 45.7 Å². The van der Waals surface area contributed by atoms with E-state index in [4.69, 9.17) is 19.3 Å². The SMILES string of the molecule is CC(C)CCO.COc1cc(CCN(C)CCCC(C#N)(c2ccc(OC)c(OC)c2)C(C)C)ccc1O. The molecule has 0 amide bonds. The van der Waals surface area contributed by atoms with Gasteiger partial charge in [0.25, 0.3) is 0 Å². The van der Waals surface area contributed by atoms with Gasteiger partial charge in [-0.3, -0.25) is 0 Å². The van der Waals surface area contributed by atoms with Crippen molar-refractivity contribution in [3.05, 3.63) is 47.5 Å². The Balaban J connectivity index is 0.00000107. The van der Waals surface area contributed by atoms with Gasteiger partial charge < -0.3 is 29.3 Å². The number of phenolic OH excluding ortho intramolecular Hbond substituents is 1. The van der Waals surface area contributed by atoms with Gasteiger partial charge in [0.2, 0.25) is 0 Å². The zero-order valence-electron chi connectivity index (χ0n) is 24.6. The maximum absolute atomic E-state index is 10.2. The monoisotopic (exact) mass is 528 g/mol. The van der Waals surface area contributed by atoms with Gasteiger partial charge in [-0.15, -0.1) is 0 Å². The van der Waals surface area contributed by atoms with Crippen molar-refractivity contribution in [3.8, 4) is 29.1 Å². The minimum atomic E-state index is -0.593. The summed E-state index contributed by atoms with van der Waals surface area (Å²) in [6.45, 7) is 10.5. The molecule has 0 aliphatic rings. The molecule has 212 valence electrons. The minimum absolute atomic E-state index is 0.153. The summed E-state index contributed by atoms with van der Waals surface area (Å²) in [4.78, 5) is 2.27. The first-order valence-electron chi connectivity index (χ1n) is 13.4. The van der Waals surface area contributed by atoms with Crippen molar-refractivity contribution in [1.29, 1.82) is 5.26 Å². The third-order valence-corrected chi connectivity index (χ3v) is 6.93. The fraction of sp³-hybridized carbons (Fsp3) is 0.581. The van der Waals surface area contributed by atoms with Crippen LogP contribution in [-0.4, -0.2) is 63.2 Å². The minimum Gasteiger partial charge on any atom is -0.504 e. The Kier molecular flexibility index (Phi) is 14.6. The first-order chi connectivity index (χ1) is 18.1. The molecule has 0 spiro atoms. The fourth-order valence-corrected chi connectivity index (χ4v) is 4.32. The smallest absolute Gasteiger partial charge is 0.161 e. The molecule has 0 aliphatic heterocycles. The van der Waals surface area contributed by atoms with E-state index in [0.29, 0.717) is 29.8 Å². The van der Waals surface area contributed by atoms with E-state index < -0.39 is 5.41 Å². The molecule has 2 rings (SSSR count). The number of likely N-dealkylation sites (N-methyl/N-ethyl adjacent to an activating group) is 1. The maximum atomic E-state index is 10.2. The fourth-order valence-electron chi connectivity index (χ4n) is 4.32. The number of nitriles is 1. The lowest BCUT2D eigenvalue weighted by Crippen LogP contribution is -2.32. The van der Waals surface area contributed by atoms with Crippen molar-refractivity contribution in [2.75, 3.05) is 48.1 Å². The Bertz CT molecular complexity index is 1000. The molecule has 38 heavy (non-hydrogen) atoms. The Morgan fingerprint density at radius 1 is 0.921 bits per heavy atom. The van der Waals surface area contributed by atoms with Crippen LogP contribution in [0.5, 0.6) is 23.0 Å². The predicted octanol–water partition coefficient (Wildman–Crippen LogP) is 5.81. The molecule has 2 aromatic rings. The molecule has 0 heterocycles. The summed E-state index contributed by atoms with van der Waals surface area (Å²) in [6.07, 6.45) is 3.44. The molecule has 7 heteroatoms. The molecule has 0 saturated heterocycles. The number of aliphatic hydroxyl groups is 1. The molecule has 0 aliphatic carbocycles. The van der Waals surface area contributed by atoms with E-state index >= 15 is 0 Å². The Morgan fingerprint density at radius 2 is 1.58 bits per heavy atom. The maximum Gasteiger partial charge on any atom is 0.161 e. The highest BCUT2D eigenvalue weighted by atomic mass is 16.5. The molecular formula is C31H48N2O5. The number of aromatic hydroxyl groups is 1. The van der Waals surface area contributed by atoms with Crippen LogP contribution in [0.2, 0.25) is 0 Å². The average Bonchev–Trinajstić information content (AvgIpc) is 2.90. The van der Waals surface area contributed by atoms with Gasteiger partial charge in [-0.05, 0) is 86.5 Å². The Morgan fingerprint density at radius 3 is 2.08 bits per heavy atom. The number of rotatable bonds is 14. The van der Waals surface area contributed by atoms with Crippen LogP contribution in [0.4, 0.5) is 0 Å². The number of aliphatic hydroxyl groups excluding tert-OH is 1. The van der Waals surface area contributed by atoms with Crippen LogP contribution in [0.25, 0.3) is 0 Å². The number of hydrogen-bond acceptors (Lipinski definition) is 7. The molecular weight excluding hydrogens is 480 g/mol. The summed E-state index contributed by atoms with van der Waals surface area (Å²) < 4.78 is 16.0. The molecule has 1 unspecified atom stereocenters. The van der Waals surface area contributed by atoms with E-state index in [0.717, 1.165) is 49.9 Å². The molecule has 0 fully saturated rings. The van der Waals surface area contributed by atoms with E-state index in [-0.39, 0.29) is 11.7 Å². The van der Waals surface area contributed by atoms with Crippen molar-refractivity contribution in [1.82, 2.24) is 4.90 Å². The lowest BCUT2D eigenvalue weighted by molar-refractivity contribution is 0.268. The number of hydrogen-bond donors (Lipinski definition) is 2. The molecule has 0 radical (unpaired) electrons. The number of phenols is 1. The van der Waals surface area contributed by atoms with Crippen LogP contribution in [0.15, 0.2) is 36.4 Å². The zero-order chi connectivity index (χ0) is 28.7. The second kappa shape index (κ2) is 16.8. The van der Waals surface area contributed by atoms with Gasteiger partial charge in [0.15, 0.2) is 23.0 Å². The topological polar surface area (TPSA) is 95.2 Å². The quantitative estimate of drug-likeness (QED) is 0.319. The van der Waals surface area contributed by atoms with Crippen molar-refractivity contribution in [2.45, 2.75) is 58.8 Å². The summed E-state index contributed by atoms with van der Waals surface area (Å²) in [5.74, 6) is 2.76. The van der Waals surface area contributed by atoms with E-state index in [1.54, 1.807) is 27.4 Å². The van der Waals surface area contributed by atoms with Gasteiger partial charge in [0.1, 0.15) is 0 Å². The van der Waals surface area contributed by atoms with Gasteiger partial charge in [0.05, 0.1) is 32.8 Å². The van der Waals surface area contributed by atoms with Crippen molar-refractivity contribution in [2.24, 2.45) is 11.8 Å². The first kappa shape index (κ1) is 33.1. The predicted molar refractivity (Wildman–Crippen MR) is 153 cm³/mol. The summed E-state index contributed by atoms with van der Waals surface area (Å²) >= 11 is 0. The summed E-state index contributed by atoms with van der Waals surface area (Å²) in [5, 5.41) is 28.2. The van der Waals surface area contributed by atoms with Gasteiger partial charge in [0, 0.05) is 13.2 Å². The third-order valence-electron chi connectivity index (χ3n) is 6.93. The summed E-state index contributed by atoms with van der Waals surface area (Å²) in [7, 11) is 6.88. The van der Waals surface area contributed by atoms with Gasteiger partial charge in [-0.2, -0.15) is 5.26 Å². The highest BCUT2D eigenvalue weighted by molar-refractivity contribution is 5.47. The van der Waals surface area contributed by atoms with E-state index in [1.807, 2.05) is 30.3 Å². The van der Waals surface area contributed by atoms with Crippen LogP contribution in [0.1, 0.15) is 58.1 Å². The Labute approximate surface area is 230 Å². The number of nitrogens with zero attached hydrogens (tertiary/aromatic N) is 2. The van der Waals surface area contributed by atoms with Crippen LogP contribution >= 0.6 is 0 Å². The molecule has 0 saturated carbocycles. The highest BCUT2D eigenvalue weighted by Crippen LogP contribution is 2.40. The third kappa shape index (κ3) is 9.74. The van der Waals surface area contributed by atoms with E-state index in [1.165, 1.54) is 0 Å². The summed E-state index contributed by atoms with van der Waals surface area (Å²) in [5.41, 5.74) is 1.49. The lowest BCUT2D eigenvalue weighted by Gasteiger charge is -2.32. The molecule has 0 aromatic heterocycles. The van der Waals surface area contributed by atoms with Crippen LogP contribution in [0, 0.1) is 23.2 Å². The lowest BCUT2D eigenvalue weighted by atomic mass is 9.69. The number of methoxy groups -OCH3 is 3. The highest BCUT2D eigenvalue weighted by Gasteiger charge is 2.36. The molecule has 0 bridgehead atoms. The van der Waals surface area contributed by atoms with Crippen molar-refractivity contribution in [3.63, 3.8) is 0 Å². The molecule has 1 atom stereocenters. The largest absolute Gasteiger partial charge is 0.504 e. The van der Waals surface area contributed by atoms with E-state index in [9.17, 15) is 10.4 Å². The standard InChI is InChI=1S/C26H36N2O4.C5H12O/c1-19(2)26(18-27,21-9-11-23(30-4)25(17-21)32-6)13-7-14-28(3)15-12-20-8-10-22(29)24(16-20)31-5;1-5(2)3-4-6/h8-11,16-17,19,29H,7,12-15H2,1-6H3;5-6H,3-4H2,1-2H3. The molecule has 2 N–H and O–H groups in total. The van der Waals surface area contributed by atoms with Gasteiger partial charge >= 0.3 is 0 Å². The Hall–Kier alpha value is -2.95. The van der Waals surface area contributed by atoms with Gasteiger partial charge in [-0.25, -0.2) is 0 Å². The van der Waals surface area contributed by atoms with Crippen molar-refractivity contribution < 1.29 is 24.4 Å². The van der Waals surface area contributed by atoms with Gasteiger partial charge in [-0.1, -0.05) is 39.8 Å². The van der Waals surface area contributed by atoms with Crippen LogP contribution < -0.4 is 14.2 Å². The number of ether oxygens (including phenoxy) is 3. The molecule has 2 aromatic carbocycles. The van der Waals surface area contributed by atoms with Crippen molar-refractivity contribution >= 4 is 0 Å². The zero-order valence-corrected chi connectivity index (χ0v) is 24.6. The average molecular weight is 529 g/mol. The second-order valence-corrected chi connectivity index (χ2v) is 10.4. The summed E-state index contributed by atoms with van der Waals surface area (Å²) in [6, 6.07) is 13.9. The first-order valence-corrected chi connectivity index (χ1v) is 13.4.